The van der Waals surface area contributed by atoms with Crippen LogP contribution in [0.25, 0.3) is 5.82 Å². The number of aromatic nitrogens is 5. The summed E-state index contributed by atoms with van der Waals surface area (Å²) in [6, 6.07) is 19.1. The Morgan fingerprint density at radius 1 is 1.03 bits per heavy atom. The molecule has 2 heterocycles. The van der Waals surface area contributed by atoms with E-state index < -0.39 is 6.10 Å². The highest BCUT2D eigenvalue weighted by Gasteiger charge is 2.31. The van der Waals surface area contributed by atoms with E-state index in [0.717, 1.165) is 16.8 Å². The van der Waals surface area contributed by atoms with Crippen molar-refractivity contribution in [1.29, 1.82) is 0 Å². The van der Waals surface area contributed by atoms with Gasteiger partial charge in [-0.3, -0.25) is 0 Å². The van der Waals surface area contributed by atoms with Gasteiger partial charge >= 0.3 is 0 Å². The van der Waals surface area contributed by atoms with Gasteiger partial charge in [0.1, 0.15) is 12.1 Å². The predicted octanol–water partition coefficient (Wildman–Crippen LogP) is 2.45. The van der Waals surface area contributed by atoms with Crippen LogP contribution in [0.4, 0.5) is 23.4 Å². The van der Waals surface area contributed by atoms with Crippen molar-refractivity contribution in [3.63, 3.8) is 0 Å². The number of nitrogen functional groups attached to an aromatic ring is 1. The Balaban J connectivity index is 1.39. The Labute approximate surface area is 172 Å². The molecular formula is C21H20N8O. The summed E-state index contributed by atoms with van der Waals surface area (Å²) in [5.41, 5.74) is 9.11. The van der Waals surface area contributed by atoms with E-state index in [9.17, 15) is 5.11 Å². The van der Waals surface area contributed by atoms with Crippen LogP contribution in [-0.4, -0.2) is 35.9 Å². The van der Waals surface area contributed by atoms with Crippen LogP contribution in [0.15, 0.2) is 67.0 Å². The zero-order valence-corrected chi connectivity index (χ0v) is 16.0. The molecule has 0 bridgehead atoms. The Morgan fingerprint density at radius 2 is 1.83 bits per heavy atom. The molecule has 2 atom stereocenters. The van der Waals surface area contributed by atoms with Gasteiger partial charge in [-0.15, -0.1) is 5.10 Å². The van der Waals surface area contributed by atoms with Gasteiger partial charge in [-0.25, -0.2) is 9.97 Å². The molecule has 0 aliphatic heterocycles. The van der Waals surface area contributed by atoms with Crippen LogP contribution >= 0.6 is 0 Å². The first-order valence-electron chi connectivity index (χ1n) is 9.57. The molecule has 9 heteroatoms. The maximum absolute atomic E-state index is 10.5. The second kappa shape index (κ2) is 7.45. The summed E-state index contributed by atoms with van der Waals surface area (Å²) >= 11 is 0. The van der Waals surface area contributed by atoms with E-state index in [0.29, 0.717) is 24.0 Å². The lowest BCUT2D eigenvalue weighted by molar-refractivity contribution is 0.165. The van der Waals surface area contributed by atoms with E-state index in [4.69, 9.17) is 5.73 Å². The number of para-hydroxylation sites is 1. The smallest absolute Gasteiger partial charge is 0.248 e. The first-order chi connectivity index (χ1) is 14.7. The van der Waals surface area contributed by atoms with Gasteiger partial charge in [-0.1, -0.05) is 42.5 Å². The van der Waals surface area contributed by atoms with E-state index in [2.05, 4.69) is 30.7 Å². The summed E-state index contributed by atoms with van der Waals surface area (Å²) in [5, 5.41) is 21.3. The van der Waals surface area contributed by atoms with Crippen molar-refractivity contribution in [3.05, 3.63) is 78.1 Å². The van der Waals surface area contributed by atoms with Gasteiger partial charge in [0.25, 0.3) is 0 Å². The molecule has 0 fully saturated rings. The van der Waals surface area contributed by atoms with Crippen LogP contribution in [0.5, 0.6) is 0 Å². The predicted molar refractivity (Wildman–Crippen MR) is 114 cm³/mol. The largest absolute Gasteiger partial charge is 0.390 e. The zero-order valence-electron chi connectivity index (χ0n) is 16.0. The molecule has 2 aromatic heterocycles. The Bertz CT molecular complexity index is 1180. The van der Waals surface area contributed by atoms with Crippen LogP contribution in [0, 0.1) is 0 Å². The summed E-state index contributed by atoms with van der Waals surface area (Å²) in [7, 11) is 0. The Kier molecular flexibility index (Phi) is 4.49. The van der Waals surface area contributed by atoms with Gasteiger partial charge in [0.2, 0.25) is 11.9 Å². The van der Waals surface area contributed by atoms with Crippen LogP contribution in [0.3, 0.4) is 0 Å². The lowest BCUT2D eigenvalue weighted by Crippen LogP contribution is -2.22. The van der Waals surface area contributed by atoms with Gasteiger partial charge in [-0.2, -0.15) is 9.67 Å². The van der Waals surface area contributed by atoms with Gasteiger partial charge in [0.05, 0.1) is 12.1 Å². The standard InChI is InChI=1S/C21H20N8O/c22-20-27-21(25-14-7-2-1-3-8-14)28-29(20)18-11-17(23-12-24-18)26-19-15-9-5-4-6-13(15)10-16(19)30/h1-9,11-12,16,19,30H,10H2,(H,23,24,26)(H3,22,25,27,28). The highest BCUT2D eigenvalue weighted by atomic mass is 16.3. The highest BCUT2D eigenvalue weighted by molar-refractivity contribution is 5.55. The fourth-order valence-corrected chi connectivity index (χ4v) is 3.65. The molecule has 5 N–H and O–H groups in total. The van der Waals surface area contributed by atoms with Gasteiger partial charge in [-0.05, 0) is 23.3 Å². The van der Waals surface area contributed by atoms with Crippen LogP contribution < -0.4 is 16.4 Å². The van der Waals surface area contributed by atoms with E-state index in [1.165, 1.54) is 11.0 Å². The second-order valence-corrected chi connectivity index (χ2v) is 7.05. The molecule has 0 spiro atoms. The SMILES string of the molecule is Nc1nc(Nc2ccccc2)nn1-c1cc(NC2c3ccccc3CC2O)ncn1. The van der Waals surface area contributed by atoms with Crippen molar-refractivity contribution < 1.29 is 5.11 Å². The molecule has 1 aliphatic rings. The van der Waals surface area contributed by atoms with Crippen LogP contribution in [-0.2, 0) is 6.42 Å². The van der Waals surface area contributed by atoms with Gasteiger partial charge in [0, 0.05) is 18.2 Å². The number of nitrogens with two attached hydrogens (primary N) is 1. The normalized spacial score (nSPS) is 17.5. The maximum Gasteiger partial charge on any atom is 0.248 e. The molecule has 0 amide bonds. The molecular weight excluding hydrogens is 380 g/mol. The third-order valence-electron chi connectivity index (χ3n) is 5.04. The number of hydrogen-bond acceptors (Lipinski definition) is 8. The molecule has 2 aromatic carbocycles. The first-order valence-corrected chi connectivity index (χ1v) is 9.57. The number of nitrogens with one attached hydrogen (secondary N) is 2. The summed E-state index contributed by atoms with van der Waals surface area (Å²) in [6.45, 7) is 0. The van der Waals surface area contributed by atoms with Crippen molar-refractivity contribution >= 4 is 23.4 Å². The lowest BCUT2D eigenvalue weighted by Gasteiger charge is -2.18. The van der Waals surface area contributed by atoms with E-state index in [1.54, 1.807) is 6.07 Å². The van der Waals surface area contributed by atoms with Crippen molar-refractivity contribution in [3.8, 4) is 5.82 Å². The minimum Gasteiger partial charge on any atom is -0.390 e. The lowest BCUT2D eigenvalue weighted by atomic mass is 10.1. The molecule has 1 aliphatic carbocycles. The van der Waals surface area contributed by atoms with Gasteiger partial charge < -0.3 is 21.5 Å². The van der Waals surface area contributed by atoms with Gasteiger partial charge in [0.15, 0.2) is 5.82 Å². The fourth-order valence-electron chi connectivity index (χ4n) is 3.65. The molecule has 4 aromatic rings. The average Bonchev–Trinajstić information content (AvgIpc) is 3.28. The monoisotopic (exact) mass is 400 g/mol. The molecule has 150 valence electrons. The molecule has 9 nitrogen and oxygen atoms in total. The summed E-state index contributed by atoms with van der Waals surface area (Å²) in [6.07, 6.45) is 1.51. The molecule has 5 rings (SSSR count). The maximum atomic E-state index is 10.5. The number of hydrogen-bond donors (Lipinski definition) is 4. The number of nitrogens with zero attached hydrogens (tertiary/aromatic N) is 5. The molecule has 30 heavy (non-hydrogen) atoms. The third-order valence-corrected chi connectivity index (χ3v) is 5.04. The minimum absolute atomic E-state index is 0.198. The molecule has 0 saturated heterocycles. The highest BCUT2D eigenvalue weighted by Crippen LogP contribution is 2.33. The van der Waals surface area contributed by atoms with E-state index in [1.807, 2.05) is 54.6 Å². The minimum atomic E-state index is -0.529. The average molecular weight is 400 g/mol. The first kappa shape index (κ1) is 18.1. The van der Waals surface area contributed by atoms with E-state index >= 15 is 0 Å². The van der Waals surface area contributed by atoms with E-state index in [-0.39, 0.29) is 12.0 Å². The number of aliphatic hydroxyl groups is 1. The number of anilines is 4. The molecule has 2 unspecified atom stereocenters. The van der Waals surface area contributed by atoms with Crippen LogP contribution in [0.2, 0.25) is 0 Å². The number of fused-ring (bicyclic) bond motifs is 1. The summed E-state index contributed by atoms with van der Waals surface area (Å²) in [5.74, 6) is 1.60. The Morgan fingerprint density at radius 3 is 2.70 bits per heavy atom. The topological polar surface area (TPSA) is 127 Å². The summed E-state index contributed by atoms with van der Waals surface area (Å²) < 4.78 is 1.44. The van der Waals surface area contributed by atoms with Crippen molar-refractivity contribution in [2.45, 2.75) is 18.6 Å². The van der Waals surface area contributed by atoms with Crippen molar-refractivity contribution in [2.24, 2.45) is 0 Å². The van der Waals surface area contributed by atoms with Crippen molar-refractivity contribution in [1.82, 2.24) is 24.7 Å². The molecule has 0 radical (unpaired) electrons. The third kappa shape index (κ3) is 3.42. The van der Waals surface area contributed by atoms with Crippen LogP contribution in [0.1, 0.15) is 17.2 Å². The Hall–Kier alpha value is -3.98. The zero-order chi connectivity index (χ0) is 20.5. The molecule has 0 saturated carbocycles. The second-order valence-electron chi connectivity index (χ2n) is 7.05. The number of rotatable bonds is 5. The summed E-state index contributed by atoms with van der Waals surface area (Å²) in [4.78, 5) is 12.8. The number of benzene rings is 2. The van der Waals surface area contributed by atoms with Crippen molar-refractivity contribution in [2.75, 3.05) is 16.4 Å². The number of aliphatic hydroxyl groups excluding tert-OH is 1. The fraction of sp³-hybridized carbons (Fsp3) is 0.143. The quantitative estimate of drug-likeness (QED) is 0.402.